The molecule has 0 unspecified atom stereocenters. The molecule has 2 aromatic rings. The molecule has 2 amide bonds. The first kappa shape index (κ1) is 24.1. The van der Waals surface area contributed by atoms with Crippen LogP contribution in [-0.4, -0.2) is 54.7 Å². The molecule has 196 valence electrons. The maximum Gasteiger partial charge on any atom is 0.255 e. The molecule has 4 atom stereocenters. The first-order chi connectivity index (χ1) is 18.1. The van der Waals surface area contributed by atoms with Crippen LogP contribution in [-0.2, 0) is 9.53 Å². The molecule has 9 nitrogen and oxygen atoms in total. The van der Waals surface area contributed by atoms with Gasteiger partial charge in [0.15, 0.2) is 11.5 Å². The van der Waals surface area contributed by atoms with Gasteiger partial charge in [0, 0.05) is 28.8 Å². The van der Waals surface area contributed by atoms with Crippen molar-refractivity contribution in [3.63, 3.8) is 0 Å². The van der Waals surface area contributed by atoms with Crippen molar-refractivity contribution in [2.45, 2.75) is 75.2 Å². The van der Waals surface area contributed by atoms with Crippen molar-refractivity contribution < 1.29 is 33.6 Å². The summed E-state index contributed by atoms with van der Waals surface area (Å²) in [4.78, 5) is 25.6. The van der Waals surface area contributed by atoms with E-state index in [1.165, 1.54) is 6.42 Å². The predicted molar refractivity (Wildman–Crippen MR) is 134 cm³/mol. The lowest BCUT2D eigenvalue weighted by atomic mass is 9.84. The number of ether oxygens (including phenoxy) is 4. The topological polar surface area (TPSA) is 115 Å². The Morgan fingerprint density at radius 1 is 0.973 bits per heavy atom. The SMILES string of the molecule is O=C(C[C@@H]1C[C@@H]2c3cc(NC(=O)c4ccc5c(c4)OCO5)ccc3O[C@@H]2[C@H](CO)O1)NC1CCCCC1. The van der Waals surface area contributed by atoms with Gasteiger partial charge in [-0.2, -0.15) is 0 Å². The molecule has 1 saturated heterocycles. The van der Waals surface area contributed by atoms with E-state index in [1.54, 1.807) is 24.3 Å². The monoisotopic (exact) mass is 508 g/mol. The molecule has 0 spiro atoms. The van der Waals surface area contributed by atoms with Gasteiger partial charge in [0.1, 0.15) is 18.0 Å². The van der Waals surface area contributed by atoms with E-state index in [2.05, 4.69) is 10.6 Å². The van der Waals surface area contributed by atoms with Crippen molar-refractivity contribution in [1.29, 1.82) is 0 Å². The molecule has 0 bridgehead atoms. The van der Waals surface area contributed by atoms with Gasteiger partial charge in [-0.25, -0.2) is 0 Å². The molecule has 1 aliphatic carbocycles. The molecule has 9 heteroatoms. The average Bonchev–Trinajstić information content (AvgIpc) is 3.53. The molecule has 37 heavy (non-hydrogen) atoms. The highest BCUT2D eigenvalue weighted by molar-refractivity contribution is 6.04. The maximum atomic E-state index is 12.9. The smallest absolute Gasteiger partial charge is 0.255 e. The number of hydrogen-bond acceptors (Lipinski definition) is 7. The number of anilines is 1. The number of amides is 2. The summed E-state index contributed by atoms with van der Waals surface area (Å²) in [5.74, 6) is 1.58. The molecular weight excluding hydrogens is 476 g/mol. The zero-order valence-corrected chi connectivity index (χ0v) is 20.6. The molecule has 0 aromatic heterocycles. The van der Waals surface area contributed by atoms with Gasteiger partial charge in [-0.3, -0.25) is 9.59 Å². The van der Waals surface area contributed by atoms with Crippen molar-refractivity contribution in [2.24, 2.45) is 0 Å². The van der Waals surface area contributed by atoms with Crippen LogP contribution in [0.5, 0.6) is 17.2 Å². The Kier molecular flexibility index (Phi) is 6.65. The largest absolute Gasteiger partial charge is 0.487 e. The third-order valence-electron chi connectivity index (χ3n) is 7.78. The second-order valence-electron chi connectivity index (χ2n) is 10.3. The Bertz CT molecular complexity index is 1180. The van der Waals surface area contributed by atoms with E-state index in [0.717, 1.165) is 31.2 Å². The minimum absolute atomic E-state index is 0.00378. The standard InChI is InChI=1S/C28H32N2O7/c31-14-25-27-21(12-19(36-25)13-26(32)29-17-4-2-1-3-5-17)20-11-18(7-9-22(20)37-27)30-28(33)16-6-8-23-24(10-16)35-15-34-23/h6-11,17,19,21,25,27,31H,1-5,12-15H2,(H,29,32)(H,30,33)/t19-,21+,25-,27-/m0/s1. The summed E-state index contributed by atoms with van der Waals surface area (Å²) >= 11 is 0. The summed E-state index contributed by atoms with van der Waals surface area (Å²) < 4.78 is 23.0. The summed E-state index contributed by atoms with van der Waals surface area (Å²) in [6, 6.07) is 10.9. The quantitative estimate of drug-likeness (QED) is 0.547. The van der Waals surface area contributed by atoms with E-state index < -0.39 is 6.10 Å². The Morgan fingerprint density at radius 3 is 2.62 bits per heavy atom. The summed E-state index contributed by atoms with van der Waals surface area (Å²) in [7, 11) is 0. The fraction of sp³-hybridized carbons (Fsp3) is 0.500. The fourth-order valence-corrected chi connectivity index (χ4v) is 5.95. The van der Waals surface area contributed by atoms with Crippen molar-refractivity contribution in [3.05, 3.63) is 47.5 Å². The summed E-state index contributed by atoms with van der Waals surface area (Å²) in [5, 5.41) is 16.1. The Labute approximate surface area is 215 Å². The molecule has 4 aliphatic rings. The van der Waals surface area contributed by atoms with Gasteiger partial charge in [-0.05, 0) is 55.7 Å². The van der Waals surface area contributed by atoms with Crippen LogP contribution >= 0.6 is 0 Å². The average molecular weight is 509 g/mol. The number of carbonyl (C=O) groups is 2. The first-order valence-corrected chi connectivity index (χ1v) is 13.1. The maximum absolute atomic E-state index is 12.9. The molecule has 2 fully saturated rings. The number of carbonyl (C=O) groups excluding carboxylic acids is 2. The lowest BCUT2D eigenvalue weighted by Gasteiger charge is -2.37. The van der Waals surface area contributed by atoms with Gasteiger partial charge < -0.3 is 34.7 Å². The number of benzene rings is 2. The van der Waals surface area contributed by atoms with Gasteiger partial charge in [-0.1, -0.05) is 19.3 Å². The normalized spacial score (nSPS) is 26.1. The van der Waals surface area contributed by atoms with Crippen molar-refractivity contribution in [1.82, 2.24) is 5.32 Å². The van der Waals surface area contributed by atoms with Crippen LogP contribution in [0.1, 0.15) is 66.8 Å². The number of nitrogens with one attached hydrogen (secondary N) is 2. The van der Waals surface area contributed by atoms with Crippen LogP contribution in [0.4, 0.5) is 5.69 Å². The zero-order valence-electron chi connectivity index (χ0n) is 20.6. The third kappa shape index (κ3) is 4.98. The fourth-order valence-electron chi connectivity index (χ4n) is 5.95. The lowest BCUT2D eigenvalue weighted by molar-refractivity contribution is -0.142. The van der Waals surface area contributed by atoms with Crippen LogP contribution < -0.4 is 24.8 Å². The Hall–Kier alpha value is -3.30. The highest BCUT2D eigenvalue weighted by atomic mass is 16.7. The Balaban J connectivity index is 1.14. The van der Waals surface area contributed by atoms with E-state index >= 15 is 0 Å². The van der Waals surface area contributed by atoms with Crippen LogP contribution in [0.15, 0.2) is 36.4 Å². The third-order valence-corrected chi connectivity index (χ3v) is 7.78. The van der Waals surface area contributed by atoms with Gasteiger partial charge in [0.05, 0.1) is 19.1 Å². The van der Waals surface area contributed by atoms with E-state index in [9.17, 15) is 14.7 Å². The van der Waals surface area contributed by atoms with Crippen molar-refractivity contribution >= 4 is 17.5 Å². The van der Waals surface area contributed by atoms with Crippen LogP contribution in [0.25, 0.3) is 0 Å². The number of hydrogen-bond donors (Lipinski definition) is 3. The van der Waals surface area contributed by atoms with Crippen molar-refractivity contribution in [3.8, 4) is 17.2 Å². The molecule has 3 N–H and O–H groups in total. The summed E-state index contributed by atoms with van der Waals surface area (Å²) in [6.45, 7) is -0.0425. The molecule has 3 aliphatic heterocycles. The molecule has 6 rings (SSSR count). The van der Waals surface area contributed by atoms with E-state index in [0.29, 0.717) is 34.9 Å². The van der Waals surface area contributed by atoms with Crippen molar-refractivity contribution in [2.75, 3.05) is 18.7 Å². The highest BCUT2D eigenvalue weighted by Crippen LogP contribution is 2.47. The zero-order chi connectivity index (χ0) is 25.4. The second kappa shape index (κ2) is 10.2. The number of rotatable bonds is 6. The van der Waals surface area contributed by atoms with Gasteiger partial charge in [0.25, 0.3) is 5.91 Å². The summed E-state index contributed by atoms with van der Waals surface area (Å²) in [5.41, 5.74) is 2.06. The first-order valence-electron chi connectivity index (χ1n) is 13.1. The predicted octanol–water partition coefficient (Wildman–Crippen LogP) is 3.50. The lowest BCUT2D eigenvalue weighted by Crippen LogP contribution is -2.48. The molecule has 3 heterocycles. The summed E-state index contributed by atoms with van der Waals surface area (Å²) in [6.07, 6.45) is 5.29. The molecule has 1 saturated carbocycles. The second-order valence-corrected chi connectivity index (χ2v) is 10.3. The number of fused-ring (bicyclic) bond motifs is 4. The minimum atomic E-state index is -0.523. The molecular formula is C28H32N2O7. The van der Waals surface area contributed by atoms with E-state index in [-0.39, 0.29) is 55.8 Å². The van der Waals surface area contributed by atoms with Gasteiger partial charge in [0.2, 0.25) is 12.7 Å². The Morgan fingerprint density at radius 2 is 1.78 bits per heavy atom. The molecule has 0 radical (unpaired) electrons. The van der Waals surface area contributed by atoms with Gasteiger partial charge >= 0.3 is 0 Å². The number of aliphatic hydroxyl groups excluding tert-OH is 1. The number of aliphatic hydroxyl groups is 1. The van der Waals surface area contributed by atoms with Gasteiger partial charge in [-0.15, -0.1) is 0 Å². The minimum Gasteiger partial charge on any atom is -0.487 e. The van der Waals surface area contributed by atoms with Crippen LogP contribution in [0, 0.1) is 0 Å². The van der Waals surface area contributed by atoms with E-state index in [1.807, 2.05) is 12.1 Å². The van der Waals surface area contributed by atoms with Crippen LogP contribution in [0.3, 0.4) is 0 Å². The van der Waals surface area contributed by atoms with Crippen LogP contribution in [0.2, 0.25) is 0 Å². The molecule has 2 aromatic carbocycles. The highest BCUT2D eigenvalue weighted by Gasteiger charge is 2.46. The van der Waals surface area contributed by atoms with E-state index in [4.69, 9.17) is 18.9 Å².